The number of nitro benzene ring substituents is 1. The highest BCUT2D eigenvalue weighted by molar-refractivity contribution is 5.99. The zero-order valence-electron chi connectivity index (χ0n) is 16.7. The molecule has 0 bridgehead atoms. The van der Waals surface area contributed by atoms with E-state index in [9.17, 15) is 19.7 Å². The Morgan fingerprint density at radius 2 is 1.73 bits per heavy atom. The first-order valence-electron chi connectivity index (χ1n) is 9.59. The molecule has 1 aliphatic heterocycles. The van der Waals surface area contributed by atoms with Crippen LogP contribution in [0.2, 0.25) is 0 Å². The Labute approximate surface area is 174 Å². The average molecular weight is 409 g/mol. The minimum atomic E-state index is -0.720. The van der Waals surface area contributed by atoms with Gasteiger partial charge in [0, 0.05) is 50.4 Å². The third-order valence-corrected chi connectivity index (χ3v) is 4.93. The second-order valence-electron chi connectivity index (χ2n) is 6.92. The monoisotopic (exact) mass is 409 g/mol. The summed E-state index contributed by atoms with van der Waals surface area (Å²) < 4.78 is 4.64. The molecule has 0 aromatic heterocycles. The minimum Gasteiger partial charge on any atom is -0.465 e. The lowest BCUT2D eigenvalue weighted by Crippen LogP contribution is -2.48. The van der Waals surface area contributed by atoms with Crippen molar-refractivity contribution in [2.45, 2.75) is 0 Å². The molecular weight excluding hydrogens is 386 g/mol. The lowest BCUT2D eigenvalue weighted by Gasteiger charge is -2.34. The Bertz CT molecular complexity index is 951. The number of amides is 1. The number of non-ortho nitro benzene ring substituents is 1. The van der Waals surface area contributed by atoms with Crippen molar-refractivity contribution in [3.63, 3.8) is 0 Å². The van der Waals surface area contributed by atoms with Crippen molar-refractivity contribution in [2.24, 2.45) is 0 Å². The Morgan fingerprint density at radius 3 is 2.37 bits per heavy atom. The summed E-state index contributed by atoms with van der Waals surface area (Å²) in [5, 5.41) is 11.2. The van der Waals surface area contributed by atoms with E-state index in [0.717, 1.165) is 18.2 Å². The Morgan fingerprint density at radius 1 is 1.07 bits per heavy atom. The molecule has 1 heterocycles. The molecule has 8 nitrogen and oxygen atoms in total. The number of hydrogen-bond acceptors (Lipinski definition) is 6. The molecule has 8 heteroatoms. The maximum Gasteiger partial charge on any atom is 0.338 e. The number of ether oxygens (including phenoxy) is 1. The molecule has 1 saturated heterocycles. The van der Waals surface area contributed by atoms with Gasteiger partial charge in [0.2, 0.25) is 0 Å². The van der Waals surface area contributed by atoms with E-state index >= 15 is 0 Å². The second kappa shape index (κ2) is 9.80. The first-order valence-corrected chi connectivity index (χ1v) is 9.59. The third kappa shape index (κ3) is 5.30. The van der Waals surface area contributed by atoms with E-state index in [1.54, 1.807) is 4.90 Å². The van der Waals surface area contributed by atoms with Gasteiger partial charge in [0.05, 0.1) is 17.6 Å². The SMILES string of the molecule is COC(=O)c1cc(C(=O)N2CCN(CC=Cc3ccccc3)CC2)cc([N+](=O)[O-])c1. The lowest BCUT2D eigenvalue weighted by molar-refractivity contribution is -0.384. The number of hydrogen-bond donors (Lipinski definition) is 0. The molecule has 2 aromatic carbocycles. The summed E-state index contributed by atoms with van der Waals surface area (Å²) in [5.41, 5.74) is 0.922. The molecule has 0 unspecified atom stereocenters. The molecule has 0 N–H and O–H groups in total. The van der Waals surface area contributed by atoms with Gasteiger partial charge in [0.25, 0.3) is 11.6 Å². The Hall–Kier alpha value is -3.52. The predicted molar refractivity (Wildman–Crippen MR) is 112 cm³/mol. The smallest absolute Gasteiger partial charge is 0.338 e. The van der Waals surface area contributed by atoms with Gasteiger partial charge in [-0.1, -0.05) is 42.5 Å². The van der Waals surface area contributed by atoms with Crippen LogP contribution in [0.1, 0.15) is 26.3 Å². The van der Waals surface area contributed by atoms with E-state index in [2.05, 4.69) is 21.8 Å². The van der Waals surface area contributed by atoms with Crippen molar-refractivity contribution in [1.29, 1.82) is 0 Å². The van der Waals surface area contributed by atoms with Gasteiger partial charge in [0.15, 0.2) is 0 Å². The van der Waals surface area contributed by atoms with Crippen LogP contribution in [0.3, 0.4) is 0 Å². The van der Waals surface area contributed by atoms with Crippen LogP contribution in [-0.4, -0.2) is 66.4 Å². The summed E-state index contributed by atoms with van der Waals surface area (Å²) in [5.74, 6) is -1.05. The van der Waals surface area contributed by atoms with Crippen molar-refractivity contribution in [1.82, 2.24) is 9.80 Å². The van der Waals surface area contributed by atoms with Crippen molar-refractivity contribution < 1.29 is 19.2 Å². The number of piperazine rings is 1. The average Bonchev–Trinajstić information content (AvgIpc) is 2.79. The van der Waals surface area contributed by atoms with Crippen LogP contribution in [0.5, 0.6) is 0 Å². The van der Waals surface area contributed by atoms with Gasteiger partial charge in [-0.3, -0.25) is 19.8 Å². The number of rotatable bonds is 6. The van der Waals surface area contributed by atoms with Crippen LogP contribution in [0.15, 0.2) is 54.6 Å². The molecule has 1 amide bonds. The molecule has 156 valence electrons. The summed E-state index contributed by atoms with van der Waals surface area (Å²) in [7, 11) is 1.19. The highest BCUT2D eigenvalue weighted by Crippen LogP contribution is 2.20. The van der Waals surface area contributed by atoms with E-state index < -0.39 is 10.9 Å². The Kier molecular flexibility index (Phi) is 6.92. The van der Waals surface area contributed by atoms with E-state index in [1.165, 1.54) is 19.2 Å². The van der Waals surface area contributed by atoms with Gasteiger partial charge in [-0.05, 0) is 11.6 Å². The first kappa shape index (κ1) is 21.2. The third-order valence-electron chi connectivity index (χ3n) is 4.93. The second-order valence-corrected chi connectivity index (χ2v) is 6.92. The summed E-state index contributed by atoms with van der Waals surface area (Å²) in [6.45, 7) is 3.19. The molecule has 30 heavy (non-hydrogen) atoms. The fraction of sp³-hybridized carbons (Fsp3) is 0.273. The normalized spacial score (nSPS) is 14.6. The van der Waals surface area contributed by atoms with Crippen molar-refractivity contribution >= 4 is 23.6 Å². The lowest BCUT2D eigenvalue weighted by atomic mass is 10.1. The number of nitrogens with zero attached hydrogens (tertiary/aromatic N) is 3. The number of benzene rings is 2. The van der Waals surface area contributed by atoms with Gasteiger partial charge in [0.1, 0.15) is 0 Å². The van der Waals surface area contributed by atoms with Crippen LogP contribution >= 0.6 is 0 Å². The van der Waals surface area contributed by atoms with Crippen molar-refractivity contribution in [2.75, 3.05) is 39.8 Å². The predicted octanol–water partition coefficient (Wildman–Crippen LogP) is 2.85. The van der Waals surface area contributed by atoms with Gasteiger partial charge < -0.3 is 9.64 Å². The maximum absolute atomic E-state index is 12.9. The van der Waals surface area contributed by atoms with Crippen molar-refractivity contribution in [3.8, 4) is 0 Å². The molecule has 1 aliphatic rings. The molecule has 0 saturated carbocycles. The number of nitro groups is 1. The zero-order chi connectivity index (χ0) is 21.5. The van der Waals surface area contributed by atoms with Gasteiger partial charge in [-0.15, -0.1) is 0 Å². The van der Waals surface area contributed by atoms with E-state index in [0.29, 0.717) is 26.2 Å². The summed E-state index contributed by atoms with van der Waals surface area (Å²) in [6.07, 6.45) is 4.16. The standard InChI is InChI=1S/C22H23N3O5/c1-30-22(27)19-14-18(15-20(16-19)25(28)29)21(26)24-12-10-23(11-13-24)9-5-8-17-6-3-2-4-7-17/h2-8,14-16H,9-13H2,1H3. The Balaban J connectivity index is 1.62. The van der Waals surface area contributed by atoms with Crippen LogP contribution < -0.4 is 0 Å². The fourth-order valence-electron chi connectivity index (χ4n) is 3.29. The van der Waals surface area contributed by atoms with Crippen LogP contribution in [0, 0.1) is 10.1 Å². The summed E-state index contributed by atoms with van der Waals surface area (Å²) in [4.78, 5) is 39.1. The topological polar surface area (TPSA) is 93.0 Å². The van der Waals surface area contributed by atoms with Crippen LogP contribution in [0.25, 0.3) is 6.08 Å². The van der Waals surface area contributed by atoms with Gasteiger partial charge >= 0.3 is 5.97 Å². The molecular formula is C22H23N3O5. The van der Waals surface area contributed by atoms with E-state index in [-0.39, 0.29) is 22.7 Å². The fourth-order valence-corrected chi connectivity index (χ4v) is 3.29. The number of carbonyl (C=O) groups excluding carboxylic acids is 2. The maximum atomic E-state index is 12.9. The largest absolute Gasteiger partial charge is 0.465 e. The zero-order valence-corrected chi connectivity index (χ0v) is 16.7. The molecule has 2 aromatic rings. The van der Waals surface area contributed by atoms with Gasteiger partial charge in [-0.25, -0.2) is 4.79 Å². The summed E-state index contributed by atoms with van der Waals surface area (Å²) in [6, 6.07) is 13.7. The van der Waals surface area contributed by atoms with E-state index in [1.807, 2.05) is 30.3 Å². The molecule has 1 fully saturated rings. The molecule has 0 radical (unpaired) electrons. The quantitative estimate of drug-likeness (QED) is 0.414. The van der Waals surface area contributed by atoms with Crippen molar-refractivity contribution in [3.05, 3.63) is 81.4 Å². The molecule has 0 atom stereocenters. The molecule has 0 aliphatic carbocycles. The number of methoxy groups -OCH3 is 1. The first-order chi connectivity index (χ1) is 14.5. The van der Waals surface area contributed by atoms with Gasteiger partial charge in [-0.2, -0.15) is 0 Å². The molecule has 0 spiro atoms. The minimum absolute atomic E-state index is 0.0141. The summed E-state index contributed by atoms with van der Waals surface area (Å²) >= 11 is 0. The van der Waals surface area contributed by atoms with Crippen LogP contribution in [0.4, 0.5) is 5.69 Å². The number of esters is 1. The number of carbonyl (C=O) groups is 2. The van der Waals surface area contributed by atoms with E-state index in [4.69, 9.17) is 0 Å². The van der Waals surface area contributed by atoms with Crippen LogP contribution in [-0.2, 0) is 4.74 Å². The molecule has 3 rings (SSSR count). The highest BCUT2D eigenvalue weighted by atomic mass is 16.6. The highest BCUT2D eigenvalue weighted by Gasteiger charge is 2.24.